The van der Waals surface area contributed by atoms with Gasteiger partial charge >= 0.3 is 11.6 Å². The van der Waals surface area contributed by atoms with E-state index in [9.17, 15) is 4.79 Å². The standard InChI is InChI=1S/C22H19N7O2/c1-13-10-16(11-14(2)25-13)18-19(15-6-4-3-5-7-15)26-21(23)29-20(18)27-28(22(29)30)12-17-24-8-9-31-17/h3-11H,12H2,1-2H3,(H2,23,26)/p+1. The molecule has 3 N–H and O–H groups in total. The van der Waals surface area contributed by atoms with Crippen LogP contribution in [0.15, 0.2) is 64.1 Å². The topological polar surface area (TPSA) is 118 Å². The van der Waals surface area contributed by atoms with Gasteiger partial charge in [0.25, 0.3) is 0 Å². The molecule has 0 aliphatic heterocycles. The summed E-state index contributed by atoms with van der Waals surface area (Å²) in [5, 5.41) is 4.62. The van der Waals surface area contributed by atoms with Gasteiger partial charge in [0.15, 0.2) is 0 Å². The van der Waals surface area contributed by atoms with Gasteiger partial charge in [-0.3, -0.25) is 10.7 Å². The largest absolute Gasteiger partial charge is 0.447 e. The fourth-order valence-corrected chi connectivity index (χ4v) is 3.78. The SMILES string of the molecule is Cc1cc(-c2c(-c3ccccc3)[nH+]c(N)n3c(=O)n(Cc4ncco4)nc23)cc(C)n1. The second kappa shape index (κ2) is 7.21. The molecule has 0 saturated carbocycles. The van der Waals surface area contributed by atoms with E-state index >= 15 is 0 Å². The van der Waals surface area contributed by atoms with Gasteiger partial charge < -0.3 is 4.42 Å². The summed E-state index contributed by atoms with van der Waals surface area (Å²) in [6.45, 7) is 3.97. The summed E-state index contributed by atoms with van der Waals surface area (Å²) in [4.78, 5) is 24.9. The number of benzene rings is 1. The minimum absolute atomic E-state index is 0.0987. The number of aryl methyl sites for hydroxylation is 2. The molecular formula is C22H20N7O2+. The molecule has 0 atom stereocenters. The number of aromatic nitrogens is 6. The lowest BCUT2D eigenvalue weighted by Crippen LogP contribution is -2.28. The fraction of sp³-hybridized carbons (Fsp3) is 0.136. The lowest BCUT2D eigenvalue weighted by atomic mass is 9.99. The third-order valence-corrected chi connectivity index (χ3v) is 5.01. The molecule has 0 aliphatic carbocycles. The Morgan fingerprint density at radius 1 is 1.10 bits per heavy atom. The number of oxazole rings is 1. The minimum Gasteiger partial charge on any atom is -0.447 e. The van der Waals surface area contributed by atoms with Crippen LogP contribution in [0.4, 0.5) is 5.95 Å². The zero-order valence-electron chi connectivity index (χ0n) is 17.0. The number of hydrogen-bond acceptors (Lipinski definition) is 6. The van der Waals surface area contributed by atoms with E-state index in [1.807, 2.05) is 56.3 Å². The average Bonchev–Trinajstić information content (AvgIpc) is 3.36. The third kappa shape index (κ3) is 3.25. The molecule has 0 radical (unpaired) electrons. The van der Waals surface area contributed by atoms with Crippen molar-refractivity contribution in [3.8, 4) is 22.4 Å². The lowest BCUT2D eigenvalue weighted by molar-refractivity contribution is -0.351. The van der Waals surface area contributed by atoms with Crippen molar-refractivity contribution in [2.45, 2.75) is 20.4 Å². The number of fused-ring (bicyclic) bond motifs is 1. The molecule has 31 heavy (non-hydrogen) atoms. The van der Waals surface area contributed by atoms with Crippen molar-refractivity contribution < 1.29 is 9.40 Å². The summed E-state index contributed by atoms with van der Waals surface area (Å²) in [7, 11) is 0. The monoisotopic (exact) mass is 414 g/mol. The van der Waals surface area contributed by atoms with Gasteiger partial charge in [-0.1, -0.05) is 30.3 Å². The van der Waals surface area contributed by atoms with Gasteiger partial charge in [-0.25, -0.2) is 14.8 Å². The Labute approximate surface area is 176 Å². The Hall–Kier alpha value is -4.27. The Kier molecular flexibility index (Phi) is 4.36. The smallest absolute Gasteiger partial charge is 0.411 e. The van der Waals surface area contributed by atoms with Crippen LogP contribution in [0.25, 0.3) is 28.0 Å². The maximum Gasteiger partial charge on any atom is 0.411 e. The van der Waals surface area contributed by atoms with Crippen LogP contribution in [0.2, 0.25) is 0 Å². The first-order chi connectivity index (χ1) is 15.0. The van der Waals surface area contributed by atoms with E-state index in [4.69, 9.17) is 10.2 Å². The number of H-pyrrole nitrogens is 1. The van der Waals surface area contributed by atoms with Crippen molar-refractivity contribution in [1.29, 1.82) is 0 Å². The minimum atomic E-state index is -0.384. The predicted molar refractivity (Wildman–Crippen MR) is 114 cm³/mol. The number of aromatic amines is 1. The van der Waals surface area contributed by atoms with E-state index in [2.05, 4.69) is 20.1 Å². The summed E-state index contributed by atoms with van der Waals surface area (Å²) in [5.74, 6) is 0.567. The van der Waals surface area contributed by atoms with Gasteiger partial charge in [0.1, 0.15) is 18.5 Å². The van der Waals surface area contributed by atoms with Crippen molar-refractivity contribution in [3.05, 3.63) is 82.7 Å². The van der Waals surface area contributed by atoms with Crippen LogP contribution in [-0.2, 0) is 6.54 Å². The highest BCUT2D eigenvalue weighted by Gasteiger charge is 2.26. The third-order valence-electron chi connectivity index (χ3n) is 5.01. The summed E-state index contributed by atoms with van der Waals surface area (Å²) in [6.07, 6.45) is 2.99. The highest BCUT2D eigenvalue weighted by Crippen LogP contribution is 2.32. The van der Waals surface area contributed by atoms with Crippen LogP contribution in [0.1, 0.15) is 17.3 Å². The molecule has 4 aromatic heterocycles. The Bertz CT molecular complexity index is 1430. The van der Waals surface area contributed by atoms with Gasteiger partial charge in [0.2, 0.25) is 11.5 Å². The number of nitrogen functional groups attached to an aromatic ring is 1. The fourth-order valence-electron chi connectivity index (χ4n) is 3.78. The van der Waals surface area contributed by atoms with Crippen molar-refractivity contribution in [3.63, 3.8) is 0 Å². The first kappa shape index (κ1) is 18.7. The van der Waals surface area contributed by atoms with E-state index in [1.54, 1.807) is 0 Å². The molecule has 0 amide bonds. The van der Waals surface area contributed by atoms with Crippen molar-refractivity contribution >= 4 is 11.6 Å². The molecule has 0 fully saturated rings. The molecule has 9 nitrogen and oxygen atoms in total. The quantitative estimate of drug-likeness (QED) is 0.482. The van der Waals surface area contributed by atoms with Gasteiger partial charge in [-0.15, -0.1) is 9.50 Å². The molecule has 0 aliphatic rings. The number of nitrogens with one attached hydrogen (secondary N) is 1. The lowest BCUT2D eigenvalue weighted by Gasteiger charge is -2.10. The first-order valence-electron chi connectivity index (χ1n) is 9.75. The molecule has 0 saturated heterocycles. The number of pyridine rings is 1. The summed E-state index contributed by atoms with van der Waals surface area (Å²) < 4.78 is 7.96. The molecule has 5 rings (SSSR count). The molecule has 154 valence electrons. The number of nitrogens with two attached hydrogens (primary N) is 1. The van der Waals surface area contributed by atoms with E-state index in [0.717, 1.165) is 33.8 Å². The summed E-state index contributed by atoms with van der Waals surface area (Å²) in [6, 6.07) is 13.7. The van der Waals surface area contributed by atoms with Crippen LogP contribution in [0, 0.1) is 13.8 Å². The predicted octanol–water partition coefficient (Wildman–Crippen LogP) is 2.27. The number of anilines is 1. The van der Waals surface area contributed by atoms with E-state index in [0.29, 0.717) is 11.5 Å². The Morgan fingerprint density at radius 2 is 1.84 bits per heavy atom. The Balaban J connectivity index is 1.85. The van der Waals surface area contributed by atoms with Crippen molar-refractivity contribution in [1.82, 2.24) is 24.1 Å². The van der Waals surface area contributed by atoms with E-state index in [1.165, 1.54) is 21.5 Å². The second-order valence-corrected chi connectivity index (χ2v) is 7.29. The first-order valence-corrected chi connectivity index (χ1v) is 9.75. The number of rotatable bonds is 4. The summed E-state index contributed by atoms with van der Waals surface area (Å²) >= 11 is 0. The molecule has 5 aromatic rings. The zero-order chi connectivity index (χ0) is 21.5. The molecule has 0 spiro atoms. The molecule has 4 heterocycles. The Morgan fingerprint density at radius 3 is 2.52 bits per heavy atom. The van der Waals surface area contributed by atoms with Gasteiger partial charge in [0, 0.05) is 17.0 Å². The average molecular weight is 414 g/mol. The van der Waals surface area contributed by atoms with Gasteiger partial charge in [0.05, 0.1) is 11.8 Å². The molecule has 0 unspecified atom stereocenters. The molecule has 0 bridgehead atoms. The highest BCUT2D eigenvalue weighted by atomic mass is 16.3. The maximum absolute atomic E-state index is 13.1. The van der Waals surface area contributed by atoms with E-state index in [-0.39, 0.29) is 18.2 Å². The number of hydrogen-bond donors (Lipinski definition) is 1. The maximum atomic E-state index is 13.1. The van der Waals surface area contributed by atoms with Crippen molar-refractivity contribution in [2.75, 3.05) is 5.73 Å². The van der Waals surface area contributed by atoms with Crippen LogP contribution < -0.4 is 16.4 Å². The van der Waals surface area contributed by atoms with Crippen LogP contribution in [-0.4, -0.2) is 24.1 Å². The highest BCUT2D eigenvalue weighted by molar-refractivity contribution is 5.88. The van der Waals surface area contributed by atoms with Crippen LogP contribution in [0.5, 0.6) is 0 Å². The molecular weight excluding hydrogens is 394 g/mol. The van der Waals surface area contributed by atoms with Crippen LogP contribution >= 0.6 is 0 Å². The normalized spacial score (nSPS) is 11.3. The van der Waals surface area contributed by atoms with Crippen molar-refractivity contribution in [2.24, 2.45) is 0 Å². The number of nitrogens with zero attached hydrogens (tertiary/aromatic N) is 5. The van der Waals surface area contributed by atoms with E-state index < -0.39 is 0 Å². The van der Waals surface area contributed by atoms with Gasteiger partial charge in [-0.2, -0.15) is 4.68 Å². The molecule has 9 heteroatoms. The zero-order valence-corrected chi connectivity index (χ0v) is 17.0. The molecule has 1 aromatic carbocycles. The second-order valence-electron chi connectivity index (χ2n) is 7.29. The van der Waals surface area contributed by atoms with Gasteiger partial charge in [-0.05, 0) is 31.5 Å². The summed E-state index contributed by atoms with van der Waals surface area (Å²) in [5.41, 5.74) is 11.4. The van der Waals surface area contributed by atoms with Crippen LogP contribution in [0.3, 0.4) is 0 Å².